The van der Waals surface area contributed by atoms with Crippen LogP contribution in [-0.2, 0) is 10.2 Å². The quantitative estimate of drug-likeness (QED) is 0.513. The number of carbonyl (C=O) groups is 1. The van der Waals surface area contributed by atoms with Crippen molar-refractivity contribution in [1.82, 2.24) is 10.2 Å². The number of fused-ring (bicyclic) bond motifs is 1. The van der Waals surface area contributed by atoms with E-state index in [1.807, 2.05) is 6.07 Å². The van der Waals surface area contributed by atoms with Gasteiger partial charge in [-0.3, -0.25) is 4.90 Å². The van der Waals surface area contributed by atoms with Gasteiger partial charge in [-0.1, -0.05) is 6.07 Å². The molecule has 1 aliphatic carbocycles. The van der Waals surface area contributed by atoms with Gasteiger partial charge in [0.25, 0.3) is 0 Å². The molecule has 3 fully saturated rings. The maximum absolute atomic E-state index is 14.1. The van der Waals surface area contributed by atoms with Gasteiger partial charge in [0, 0.05) is 36.8 Å². The van der Waals surface area contributed by atoms with Crippen LogP contribution in [0.2, 0.25) is 0 Å². The number of benzene rings is 2. The third-order valence-electron chi connectivity index (χ3n) is 8.54. The summed E-state index contributed by atoms with van der Waals surface area (Å²) in [7, 11) is 3.25. The second kappa shape index (κ2) is 11.0. The number of amides is 2. The predicted molar refractivity (Wildman–Crippen MR) is 136 cm³/mol. The largest absolute Gasteiger partial charge is 0.493 e. The summed E-state index contributed by atoms with van der Waals surface area (Å²) in [4.78, 5) is 15.3. The van der Waals surface area contributed by atoms with Gasteiger partial charge in [-0.15, -0.1) is 0 Å². The Morgan fingerprint density at radius 1 is 1.00 bits per heavy atom. The number of halogens is 3. The minimum absolute atomic E-state index is 0.112. The topological polar surface area (TPSA) is 72.1 Å². The maximum atomic E-state index is 14.1. The number of methoxy groups -OCH3 is 2. The highest BCUT2D eigenvalue weighted by molar-refractivity contribution is 5.89. The van der Waals surface area contributed by atoms with E-state index >= 15 is 0 Å². The third kappa shape index (κ3) is 4.91. The number of rotatable bonds is 6. The zero-order chi connectivity index (χ0) is 26.9. The average molecular weight is 534 g/mol. The zero-order valence-electron chi connectivity index (χ0n) is 21.7. The van der Waals surface area contributed by atoms with Crippen LogP contribution < -0.4 is 20.1 Å². The molecule has 2 N–H and O–H groups in total. The van der Waals surface area contributed by atoms with Crippen molar-refractivity contribution in [3.05, 3.63) is 53.3 Å². The normalized spacial score (nSPS) is 26.0. The third-order valence-corrected chi connectivity index (χ3v) is 8.54. The summed E-state index contributed by atoms with van der Waals surface area (Å²) in [6.07, 6.45) is 5.19. The SMILES string of the molecule is COc1ccc([C@@]23CC[C@H](NC(=O)Nc4ccc(F)c(F)c4F)C[C@H]2N(C2CCOCC2)CC3)cc1OC. The lowest BCUT2D eigenvalue weighted by Gasteiger charge is -2.47. The summed E-state index contributed by atoms with van der Waals surface area (Å²) in [5.41, 5.74) is 0.682. The van der Waals surface area contributed by atoms with Crippen LogP contribution in [0.1, 0.15) is 44.1 Å². The molecule has 0 bridgehead atoms. The Labute approximate surface area is 220 Å². The molecule has 0 aromatic heterocycles. The first-order valence-corrected chi connectivity index (χ1v) is 13.1. The minimum Gasteiger partial charge on any atom is -0.493 e. The van der Waals surface area contributed by atoms with Gasteiger partial charge in [0.05, 0.1) is 19.9 Å². The van der Waals surface area contributed by atoms with E-state index in [9.17, 15) is 18.0 Å². The molecule has 2 amide bonds. The zero-order valence-corrected chi connectivity index (χ0v) is 21.7. The molecule has 0 unspecified atom stereocenters. The van der Waals surface area contributed by atoms with Crippen LogP contribution in [0.3, 0.4) is 0 Å². The monoisotopic (exact) mass is 533 g/mol. The Balaban J connectivity index is 1.37. The van der Waals surface area contributed by atoms with Crippen molar-refractivity contribution >= 4 is 11.7 Å². The fraction of sp³-hybridized carbons (Fsp3) is 0.536. The van der Waals surface area contributed by atoms with Gasteiger partial charge in [0.1, 0.15) is 0 Å². The number of ether oxygens (including phenoxy) is 3. The van der Waals surface area contributed by atoms with Gasteiger partial charge >= 0.3 is 6.03 Å². The maximum Gasteiger partial charge on any atom is 0.319 e. The molecule has 1 saturated carbocycles. The summed E-state index contributed by atoms with van der Waals surface area (Å²) in [5.74, 6) is -2.96. The summed E-state index contributed by atoms with van der Waals surface area (Å²) < 4.78 is 57.7. The van der Waals surface area contributed by atoms with Crippen LogP contribution in [0, 0.1) is 17.5 Å². The number of likely N-dealkylation sites (tertiary alicyclic amines) is 1. The van der Waals surface area contributed by atoms with Crippen LogP contribution in [0.4, 0.5) is 23.7 Å². The number of carbonyl (C=O) groups excluding carboxylic acids is 1. The summed E-state index contributed by atoms with van der Waals surface area (Å²) in [6.45, 7) is 2.42. The molecule has 5 rings (SSSR count). The number of anilines is 1. The molecule has 3 atom stereocenters. The summed E-state index contributed by atoms with van der Waals surface area (Å²) in [5, 5.41) is 5.28. The lowest BCUT2D eigenvalue weighted by Crippen LogP contribution is -2.55. The van der Waals surface area contributed by atoms with Crippen molar-refractivity contribution in [3.8, 4) is 11.5 Å². The Hall–Kier alpha value is -2.98. The Morgan fingerprint density at radius 3 is 2.50 bits per heavy atom. The van der Waals surface area contributed by atoms with Crippen molar-refractivity contribution < 1.29 is 32.2 Å². The van der Waals surface area contributed by atoms with E-state index < -0.39 is 29.2 Å². The first-order valence-electron chi connectivity index (χ1n) is 13.1. The molecule has 2 saturated heterocycles. The van der Waals surface area contributed by atoms with Gasteiger partial charge in [-0.2, -0.15) is 0 Å². The highest BCUT2D eigenvalue weighted by Gasteiger charge is 2.53. The van der Waals surface area contributed by atoms with Crippen LogP contribution in [0.25, 0.3) is 0 Å². The summed E-state index contributed by atoms with van der Waals surface area (Å²) in [6, 6.07) is 7.71. The molecule has 7 nitrogen and oxygen atoms in total. The molecular weight excluding hydrogens is 499 g/mol. The van der Waals surface area contributed by atoms with E-state index in [0.29, 0.717) is 24.0 Å². The molecule has 38 heavy (non-hydrogen) atoms. The lowest BCUT2D eigenvalue weighted by atomic mass is 9.65. The second-order valence-corrected chi connectivity index (χ2v) is 10.4. The molecular formula is C28H34F3N3O4. The van der Waals surface area contributed by atoms with Crippen molar-refractivity contribution in [3.63, 3.8) is 0 Å². The van der Waals surface area contributed by atoms with Gasteiger partial charge in [-0.25, -0.2) is 18.0 Å². The summed E-state index contributed by atoms with van der Waals surface area (Å²) >= 11 is 0. The molecule has 2 aromatic carbocycles. The number of nitrogens with one attached hydrogen (secondary N) is 2. The molecule has 2 aliphatic heterocycles. The molecule has 10 heteroatoms. The number of hydrogen-bond acceptors (Lipinski definition) is 5. The van der Waals surface area contributed by atoms with E-state index in [1.165, 1.54) is 5.56 Å². The predicted octanol–water partition coefficient (Wildman–Crippen LogP) is 4.99. The van der Waals surface area contributed by atoms with Crippen molar-refractivity contribution in [2.24, 2.45) is 0 Å². The van der Waals surface area contributed by atoms with E-state index in [4.69, 9.17) is 14.2 Å². The molecule has 0 spiro atoms. The van der Waals surface area contributed by atoms with E-state index in [0.717, 1.165) is 64.0 Å². The molecule has 0 radical (unpaired) electrons. The lowest BCUT2D eigenvalue weighted by molar-refractivity contribution is 0.0143. The minimum atomic E-state index is -1.61. The van der Waals surface area contributed by atoms with Crippen molar-refractivity contribution in [1.29, 1.82) is 0 Å². The van der Waals surface area contributed by atoms with Crippen molar-refractivity contribution in [2.75, 3.05) is 39.3 Å². The second-order valence-electron chi connectivity index (χ2n) is 10.4. The Morgan fingerprint density at radius 2 is 1.76 bits per heavy atom. The Bertz CT molecular complexity index is 1180. The standard InChI is InChI=1S/C28H34F3N3O4/c1-36-22-6-3-17(15-23(22)37-2)28-10-7-18(16-24(28)34(12-11-28)19-8-13-38-14-9-19)32-27(35)33-21-5-4-20(29)25(30)26(21)31/h3-6,15,18-19,24H,7-14,16H2,1-2H3,(H2,32,33,35)/t18-,24+,28-/m0/s1. The smallest absolute Gasteiger partial charge is 0.319 e. The molecule has 3 aliphatic rings. The van der Waals surface area contributed by atoms with Crippen molar-refractivity contribution in [2.45, 2.75) is 62.1 Å². The molecule has 2 heterocycles. The van der Waals surface area contributed by atoms with Gasteiger partial charge in [0.15, 0.2) is 29.0 Å². The fourth-order valence-electron chi connectivity index (χ4n) is 6.62. The van der Waals surface area contributed by atoms with Crippen LogP contribution in [0.5, 0.6) is 11.5 Å². The molecule has 206 valence electrons. The first kappa shape index (κ1) is 26.6. The van der Waals surface area contributed by atoms with Crippen LogP contribution in [-0.4, -0.2) is 63.0 Å². The number of nitrogens with zero attached hydrogens (tertiary/aromatic N) is 1. The van der Waals surface area contributed by atoms with Crippen LogP contribution in [0.15, 0.2) is 30.3 Å². The van der Waals surface area contributed by atoms with E-state index in [2.05, 4.69) is 27.7 Å². The van der Waals surface area contributed by atoms with Crippen LogP contribution >= 0.6 is 0 Å². The van der Waals surface area contributed by atoms with E-state index in [-0.39, 0.29) is 17.5 Å². The first-order chi connectivity index (χ1) is 18.4. The number of hydrogen-bond donors (Lipinski definition) is 2. The van der Waals surface area contributed by atoms with Gasteiger partial charge < -0.3 is 24.8 Å². The van der Waals surface area contributed by atoms with Gasteiger partial charge in [-0.05, 0) is 74.9 Å². The fourth-order valence-corrected chi connectivity index (χ4v) is 6.62. The highest BCUT2D eigenvalue weighted by atomic mass is 19.2. The molecule has 2 aromatic rings. The van der Waals surface area contributed by atoms with Gasteiger partial charge in [0.2, 0.25) is 0 Å². The average Bonchev–Trinajstić information content (AvgIpc) is 3.33. The Kier molecular flexibility index (Phi) is 7.72. The number of urea groups is 1. The highest BCUT2D eigenvalue weighted by Crippen LogP contribution is 2.51. The van der Waals surface area contributed by atoms with E-state index in [1.54, 1.807) is 14.2 Å².